The van der Waals surface area contributed by atoms with E-state index in [-0.39, 0.29) is 5.82 Å². The van der Waals surface area contributed by atoms with E-state index in [2.05, 4.69) is 46.1 Å². The van der Waals surface area contributed by atoms with Gasteiger partial charge in [0.1, 0.15) is 11.6 Å². The van der Waals surface area contributed by atoms with E-state index >= 15 is 0 Å². The summed E-state index contributed by atoms with van der Waals surface area (Å²) in [7, 11) is 0. The van der Waals surface area contributed by atoms with Gasteiger partial charge in [0.2, 0.25) is 0 Å². The predicted molar refractivity (Wildman–Crippen MR) is 132 cm³/mol. The number of nitrogens with zero attached hydrogens (tertiary/aromatic N) is 2. The third kappa shape index (κ3) is 4.01. The van der Waals surface area contributed by atoms with Crippen molar-refractivity contribution in [3.63, 3.8) is 0 Å². The number of anilines is 1. The van der Waals surface area contributed by atoms with Gasteiger partial charge in [-0.3, -0.25) is 4.90 Å². The van der Waals surface area contributed by atoms with Crippen LogP contribution in [0.4, 0.5) is 10.1 Å². The third-order valence-corrected chi connectivity index (χ3v) is 8.12. The Morgan fingerprint density at radius 2 is 1.82 bits per heavy atom. The van der Waals surface area contributed by atoms with Crippen LogP contribution in [0.25, 0.3) is 10.9 Å². The summed E-state index contributed by atoms with van der Waals surface area (Å²) in [6, 6.07) is 10.7. The Morgan fingerprint density at radius 3 is 2.64 bits per heavy atom. The second-order valence-corrected chi connectivity index (χ2v) is 10.2. The van der Waals surface area contributed by atoms with E-state index in [1.165, 1.54) is 47.7 Å². The molecule has 3 aromatic rings. The molecule has 1 saturated heterocycles. The molecule has 174 valence electrons. The van der Waals surface area contributed by atoms with Crippen molar-refractivity contribution in [1.82, 2.24) is 9.88 Å². The van der Waals surface area contributed by atoms with Crippen LogP contribution in [0.3, 0.4) is 0 Å². The Kier molecular flexibility index (Phi) is 5.53. The van der Waals surface area contributed by atoms with Gasteiger partial charge in [-0.15, -0.1) is 0 Å². The number of hydrogen-bond donors (Lipinski definition) is 1. The molecule has 2 aliphatic heterocycles. The van der Waals surface area contributed by atoms with Crippen LogP contribution in [0.15, 0.2) is 36.5 Å². The van der Waals surface area contributed by atoms with Gasteiger partial charge in [-0.25, -0.2) is 4.39 Å². The SMILES string of the molecule is Cc1ccc2[nH]cc(C3CCC(N4CCN(c5cc(F)cc6c5OCCC6)CC4)CC3)c2c1. The van der Waals surface area contributed by atoms with Crippen LogP contribution in [0.2, 0.25) is 0 Å². The first-order chi connectivity index (χ1) is 16.2. The van der Waals surface area contributed by atoms with Crippen molar-refractivity contribution in [1.29, 1.82) is 0 Å². The molecule has 1 aromatic heterocycles. The lowest BCUT2D eigenvalue weighted by Gasteiger charge is -2.43. The van der Waals surface area contributed by atoms with Crippen LogP contribution in [0, 0.1) is 12.7 Å². The molecule has 6 rings (SSSR count). The highest BCUT2D eigenvalue weighted by Crippen LogP contribution is 2.40. The molecule has 1 aliphatic carbocycles. The Morgan fingerprint density at radius 1 is 1.00 bits per heavy atom. The number of benzene rings is 2. The third-order valence-electron chi connectivity index (χ3n) is 8.12. The lowest BCUT2D eigenvalue weighted by Crippen LogP contribution is -2.51. The number of aromatic amines is 1. The first-order valence-electron chi connectivity index (χ1n) is 12.7. The number of H-pyrrole nitrogens is 1. The molecular weight excluding hydrogens is 413 g/mol. The molecule has 0 spiro atoms. The normalized spacial score (nSPS) is 24.0. The maximum Gasteiger partial charge on any atom is 0.145 e. The summed E-state index contributed by atoms with van der Waals surface area (Å²) in [4.78, 5) is 8.50. The minimum Gasteiger partial charge on any atom is -0.491 e. The van der Waals surface area contributed by atoms with Crippen LogP contribution in [-0.2, 0) is 6.42 Å². The molecule has 5 heteroatoms. The van der Waals surface area contributed by atoms with Crippen molar-refractivity contribution in [2.75, 3.05) is 37.7 Å². The number of aryl methyl sites for hydroxylation is 2. The van der Waals surface area contributed by atoms with Crippen LogP contribution >= 0.6 is 0 Å². The molecule has 2 fully saturated rings. The number of nitrogens with one attached hydrogen (secondary N) is 1. The molecule has 0 atom stereocenters. The number of piperazine rings is 1. The summed E-state index contributed by atoms with van der Waals surface area (Å²) < 4.78 is 20.2. The van der Waals surface area contributed by atoms with E-state index < -0.39 is 0 Å². The van der Waals surface area contributed by atoms with Gasteiger partial charge >= 0.3 is 0 Å². The van der Waals surface area contributed by atoms with E-state index in [1.807, 2.05) is 0 Å². The van der Waals surface area contributed by atoms with E-state index in [0.29, 0.717) is 12.0 Å². The average Bonchev–Trinajstić information content (AvgIpc) is 3.27. The van der Waals surface area contributed by atoms with Crippen molar-refractivity contribution in [2.45, 2.75) is 57.4 Å². The van der Waals surface area contributed by atoms with Crippen LogP contribution in [-0.4, -0.2) is 48.7 Å². The molecule has 4 nitrogen and oxygen atoms in total. The van der Waals surface area contributed by atoms with Crippen molar-refractivity contribution in [3.05, 3.63) is 59.0 Å². The summed E-state index contributed by atoms with van der Waals surface area (Å²) >= 11 is 0. The standard InChI is InChI=1S/C28H34FN3O/c1-19-4-9-26-24(15-19)25(18-30-26)20-5-7-23(8-6-20)31-10-12-32(13-11-31)27-17-22(29)16-21-3-2-14-33-28(21)27/h4,9,15-18,20,23,30H,2-3,5-8,10-14H2,1H3. The summed E-state index contributed by atoms with van der Waals surface area (Å²) in [6.45, 7) is 6.91. The van der Waals surface area contributed by atoms with Gasteiger partial charge < -0.3 is 14.6 Å². The lowest BCUT2D eigenvalue weighted by molar-refractivity contribution is 0.141. The zero-order valence-electron chi connectivity index (χ0n) is 19.6. The first-order valence-corrected chi connectivity index (χ1v) is 12.7. The number of fused-ring (bicyclic) bond motifs is 2. The molecule has 3 aliphatic rings. The van der Waals surface area contributed by atoms with Crippen molar-refractivity contribution >= 4 is 16.6 Å². The second-order valence-electron chi connectivity index (χ2n) is 10.2. The molecule has 0 radical (unpaired) electrons. The van der Waals surface area contributed by atoms with Crippen molar-refractivity contribution in [3.8, 4) is 5.75 Å². The summed E-state index contributed by atoms with van der Waals surface area (Å²) in [5.74, 6) is 1.45. The first kappa shape index (κ1) is 21.0. The van der Waals surface area contributed by atoms with Gasteiger partial charge in [-0.05, 0) is 80.7 Å². The highest BCUT2D eigenvalue weighted by Gasteiger charge is 2.31. The maximum absolute atomic E-state index is 14.3. The molecule has 1 saturated carbocycles. The van der Waals surface area contributed by atoms with Gasteiger partial charge in [0.15, 0.2) is 0 Å². The Bertz CT molecular complexity index is 1140. The number of hydrogen-bond acceptors (Lipinski definition) is 3. The molecule has 0 bridgehead atoms. The second kappa shape index (κ2) is 8.68. The molecular formula is C28H34FN3O. The zero-order chi connectivity index (χ0) is 22.4. The van der Waals surface area contributed by atoms with Crippen LogP contribution in [0.1, 0.15) is 54.7 Å². The predicted octanol–water partition coefficient (Wildman–Crippen LogP) is 5.79. The summed E-state index contributed by atoms with van der Waals surface area (Å²) in [5.41, 5.74) is 6.09. The Labute approximate surface area is 195 Å². The monoisotopic (exact) mass is 447 g/mol. The minimum absolute atomic E-state index is 0.137. The Hall–Kier alpha value is -2.53. The average molecular weight is 448 g/mol. The smallest absolute Gasteiger partial charge is 0.145 e. The quantitative estimate of drug-likeness (QED) is 0.552. The number of ether oxygens (including phenoxy) is 1. The highest BCUT2D eigenvalue weighted by atomic mass is 19.1. The van der Waals surface area contributed by atoms with Crippen LogP contribution < -0.4 is 9.64 Å². The molecule has 0 amide bonds. The fourth-order valence-electron chi connectivity index (χ4n) is 6.33. The van der Waals surface area contributed by atoms with Gasteiger partial charge in [0, 0.05) is 55.4 Å². The van der Waals surface area contributed by atoms with E-state index in [4.69, 9.17) is 4.74 Å². The van der Waals surface area contributed by atoms with Gasteiger partial charge in [-0.2, -0.15) is 0 Å². The number of aromatic nitrogens is 1. The summed E-state index contributed by atoms with van der Waals surface area (Å²) in [5, 5.41) is 1.41. The minimum atomic E-state index is -0.137. The van der Waals surface area contributed by atoms with E-state index in [1.54, 1.807) is 12.1 Å². The largest absolute Gasteiger partial charge is 0.491 e. The van der Waals surface area contributed by atoms with Gasteiger partial charge in [0.05, 0.1) is 12.3 Å². The number of rotatable bonds is 3. The number of halogens is 1. The van der Waals surface area contributed by atoms with E-state index in [9.17, 15) is 4.39 Å². The summed E-state index contributed by atoms with van der Waals surface area (Å²) in [6.07, 6.45) is 9.19. The maximum atomic E-state index is 14.3. The molecule has 33 heavy (non-hydrogen) atoms. The van der Waals surface area contributed by atoms with Crippen molar-refractivity contribution in [2.24, 2.45) is 0 Å². The molecule has 3 heterocycles. The lowest BCUT2D eigenvalue weighted by atomic mass is 9.81. The highest BCUT2D eigenvalue weighted by molar-refractivity contribution is 5.84. The fourth-order valence-corrected chi connectivity index (χ4v) is 6.33. The van der Waals surface area contributed by atoms with Gasteiger partial charge in [-0.1, -0.05) is 11.6 Å². The fraction of sp³-hybridized carbons (Fsp3) is 0.500. The van der Waals surface area contributed by atoms with Crippen molar-refractivity contribution < 1.29 is 9.13 Å². The zero-order valence-corrected chi connectivity index (χ0v) is 19.6. The van der Waals surface area contributed by atoms with E-state index in [0.717, 1.165) is 62.6 Å². The van der Waals surface area contributed by atoms with Crippen LogP contribution in [0.5, 0.6) is 5.75 Å². The molecule has 2 aromatic carbocycles. The Balaban J connectivity index is 1.09. The van der Waals surface area contributed by atoms with Gasteiger partial charge in [0.25, 0.3) is 0 Å². The topological polar surface area (TPSA) is 31.5 Å². The molecule has 1 N–H and O–H groups in total. The molecule has 0 unspecified atom stereocenters.